The lowest BCUT2D eigenvalue weighted by Gasteiger charge is -2.34. The molecule has 0 bridgehead atoms. The summed E-state index contributed by atoms with van der Waals surface area (Å²) in [4.78, 5) is 30.6. The second kappa shape index (κ2) is 14.3. The summed E-state index contributed by atoms with van der Waals surface area (Å²) in [5, 5.41) is 15.1. The highest BCUT2D eigenvalue weighted by atomic mass is 35.5. The molecule has 0 saturated carbocycles. The largest absolute Gasteiger partial charge is 0.488 e. The van der Waals surface area contributed by atoms with Crippen molar-refractivity contribution >= 4 is 51.6 Å². The number of nitrogens with zero attached hydrogens (tertiary/aromatic N) is 3. The number of aliphatic hydroxyl groups excluding tert-OH is 1. The predicted octanol–water partition coefficient (Wildman–Crippen LogP) is 5.95. The van der Waals surface area contributed by atoms with Gasteiger partial charge in [-0.2, -0.15) is 0 Å². The molecule has 0 fully saturated rings. The average molecular weight is 652 g/mol. The van der Waals surface area contributed by atoms with Crippen molar-refractivity contribution < 1.29 is 19.4 Å². The number of benzene rings is 3. The summed E-state index contributed by atoms with van der Waals surface area (Å²) in [6, 6.07) is 18.7. The molecule has 0 saturated heterocycles. The molecule has 45 heavy (non-hydrogen) atoms. The van der Waals surface area contributed by atoms with Crippen LogP contribution in [-0.4, -0.2) is 70.2 Å². The number of nitrogens with one attached hydrogen (secondary N) is 1. The number of aromatic nitrogens is 1. The Morgan fingerprint density at radius 1 is 1.13 bits per heavy atom. The van der Waals surface area contributed by atoms with E-state index in [-0.39, 0.29) is 49.3 Å². The fraction of sp³-hybridized carbons (Fsp3) is 0.371. The SMILES string of the molecule is C[C@H]1CN([C@@H](C)CO)C(=O)Cc2cc(NC(=O)Cc3cn(C)c4ccccc34)ccc2O[C@H]1CN(C)Cc1ccc(Cl)c(Cl)c1. The van der Waals surface area contributed by atoms with E-state index in [0.29, 0.717) is 46.7 Å². The molecule has 1 aliphatic heterocycles. The molecule has 5 rings (SSSR count). The van der Waals surface area contributed by atoms with E-state index in [2.05, 4.69) is 17.1 Å². The Hall–Kier alpha value is -3.56. The molecule has 1 aliphatic rings. The van der Waals surface area contributed by atoms with E-state index < -0.39 is 0 Å². The van der Waals surface area contributed by atoms with Crippen LogP contribution in [-0.2, 0) is 36.0 Å². The van der Waals surface area contributed by atoms with Gasteiger partial charge in [-0.15, -0.1) is 0 Å². The van der Waals surface area contributed by atoms with Gasteiger partial charge in [0.1, 0.15) is 11.9 Å². The van der Waals surface area contributed by atoms with Gasteiger partial charge in [0.15, 0.2) is 0 Å². The average Bonchev–Trinajstić information content (AvgIpc) is 3.33. The minimum absolute atomic E-state index is 0.0368. The van der Waals surface area contributed by atoms with E-state index in [4.69, 9.17) is 27.9 Å². The fourth-order valence-electron chi connectivity index (χ4n) is 5.99. The zero-order valence-electron chi connectivity index (χ0n) is 26.1. The van der Waals surface area contributed by atoms with Crippen LogP contribution < -0.4 is 10.1 Å². The molecule has 10 heteroatoms. The van der Waals surface area contributed by atoms with Crippen LogP contribution in [0, 0.1) is 5.92 Å². The molecule has 0 aliphatic carbocycles. The molecule has 0 spiro atoms. The van der Waals surface area contributed by atoms with Gasteiger partial charge >= 0.3 is 0 Å². The summed E-state index contributed by atoms with van der Waals surface area (Å²) in [5.41, 5.74) is 4.32. The minimum atomic E-state index is -0.348. The molecule has 2 heterocycles. The first-order valence-electron chi connectivity index (χ1n) is 15.2. The Morgan fingerprint density at radius 2 is 1.91 bits per heavy atom. The molecule has 8 nitrogen and oxygen atoms in total. The van der Waals surface area contributed by atoms with Crippen LogP contribution in [0.1, 0.15) is 30.5 Å². The topological polar surface area (TPSA) is 87.0 Å². The Labute approximate surface area is 274 Å². The van der Waals surface area contributed by atoms with Gasteiger partial charge in [-0.05, 0) is 61.5 Å². The van der Waals surface area contributed by atoms with Gasteiger partial charge in [-0.3, -0.25) is 14.5 Å². The lowest BCUT2D eigenvalue weighted by atomic mass is 10.0. The quantitative estimate of drug-likeness (QED) is 0.234. The van der Waals surface area contributed by atoms with Gasteiger partial charge in [0.05, 0.1) is 35.5 Å². The zero-order valence-corrected chi connectivity index (χ0v) is 27.6. The Balaban J connectivity index is 1.37. The third-order valence-corrected chi connectivity index (χ3v) is 9.20. The van der Waals surface area contributed by atoms with E-state index in [1.807, 2.05) is 86.4 Å². The number of ether oxygens (including phenoxy) is 1. The van der Waals surface area contributed by atoms with Gasteiger partial charge in [0.25, 0.3) is 0 Å². The number of anilines is 1. The normalized spacial score (nSPS) is 17.8. The number of carbonyl (C=O) groups is 2. The van der Waals surface area contributed by atoms with Crippen LogP contribution in [0.4, 0.5) is 5.69 Å². The number of amides is 2. The Bertz CT molecular complexity index is 1690. The minimum Gasteiger partial charge on any atom is -0.488 e. The molecule has 238 valence electrons. The van der Waals surface area contributed by atoms with Gasteiger partial charge in [0, 0.05) is 61.0 Å². The summed E-state index contributed by atoms with van der Waals surface area (Å²) in [7, 11) is 3.98. The van der Waals surface area contributed by atoms with Crippen molar-refractivity contribution in [2.45, 2.75) is 45.4 Å². The molecule has 3 aromatic carbocycles. The third kappa shape index (κ3) is 7.82. The van der Waals surface area contributed by atoms with Crippen LogP contribution in [0.3, 0.4) is 0 Å². The van der Waals surface area contributed by atoms with Crippen LogP contribution in [0.5, 0.6) is 5.75 Å². The molecule has 4 aromatic rings. The lowest BCUT2D eigenvalue weighted by Crippen LogP contribution is -2.47. The van der Waals surface area contributed by atoms with Crippen molar-refractivity contribution in [3.63, 3.8) is 0 Å². The summed E-state index contributed by atoms with van der Waals surface area (Å²) in [6.45, 7) is 5.43. The Morgan fingerprint density at radius 3 is 2.67 bits per heavy atom. The van der Waals surface area contributed by atoms with E-state index in [9.17, 15) is 14.7 Å². The number of aliphatic hydroxyl groups is 1. The van der Waals surface area contributed by atoms with Gasteiger partial charge < -0.3 is 24.6 Å². The molecule has 0 radical (unpaired) electrons. The zero-order chi connectivity index (χ0) is 32.2. The van der Waals surface area contributed by atoms with Crippen molar-refractivity contribution in [3.05, 3.63) is 93.6 Å². The number of fused-ring (bicyclic) bond motifs is 2. The highest BCUT2D eigenvalue weighted by molar-refractivity contribution is 6.42. The molecule has 3 atom stereocenters. The van der Waals surface area contributed by atoms with E-state index >= 15 is 0 Å². The fourth-order valence-corrected chi connectivity index (χ4v) is 6.31. The van der Waals surface area contributed by atoms with E-state index in [1.165, 1.54) is 0 Å². The molecule has 2 N–H and O–H groups in total. The van der Waals surface area contributed by atoms with Gasteiger partial charge in [-0.1, -0.05) is 54.4 Å². The standard InChI is InChI=1S/C35H40Cl2N4O4/c1-22-17-41(23(2)21-42)35(44)16-25-14-27(38-34(43)15-26-19-40(4)31-8-6-5-7-28(26)31)10-12-32(25)45-33(22)20-39(3)18-24-9-11-29(36)30(37)13-24/h5-14,19,22-23,33,42H,15-18,20-21H2,1-4H3,(H,38,43)/t22-,23-,33-/m0/s1. The first kappa shape index (κ1) is 32.8. The smallest absolute Gasteiger partial charge is 0.228 e. The number of hydrogen-bond acceptors (Lipinski definition) is 5. The van der Waals surface area contributed by atoms with Gasteiger partial charge in [0.2, 0.25) is 11.8 Å². The molecule has 1 aromatic heterocycles. The second-order valence-electron chi connectivity index (χ2n) is 12.2. The van der Waals surface area contributed by atoms with Crippen molar-refractivity contribution in [1.29, 1.82) is 0 Å². The lowest BCUT2D eigenvalue weighted by molar-refractivity contribution is -0.134. The molecular formula is C35H40Cl2N4O4. The molecular weight excluding hydrogens is 611 g/mol. The van der Waals surface area contributed by atoms with Gasteiger partial charge in [-0.25, -0.2) is 0 Å². The van der Waals surface area contributed by atoms with E-state index in [1.54, 1.807) is 11.0 Å². The number of rotatable bonds is 9. The first-order chi connectivity index (χ1) is 21.5. The number of carbonyl (C=O) groups excluding carboxylic acids is 2. The Kier molecular flexibility index (Phi) is 10.4. The highest BCUT2D eigenvalue weighted by Gasteiger charge is 2.31. The predicted molar refractivity (Wildman–Crippen MR) is 180 cm³/mol. The van der Waals surface area contributed by atoms with Crippen LogP contribution in [0.25, 0.3) is 10.9 Å². The summed E-state index contributed by atoms with van der Waals surface area (Å²) in [5.74, 6) is 0.323. The molecule has 0 unspecified atom stereocenters. The molecule has 2 amide bonds. The van der Waals surface area contributed by atoms with Crippen molar-refractivity contribution in [1.82, 2.24) is 14.4 Å². The number of likely N-dealkylation sites (N-methyl/N-ethyl adjacent to an activating group) is 1. The second-order valence-corrected chi connectivity index (χ2v) is 13.0. The van der Waals surface area contributed by atoms with Crippen molar-refractivity contribution in [3.8, 4) is 5.75 Å². The number of hydrogen-bond donors (Lipinski definition) is 2. The number of para-hydroxylation sites is 1. The van der Waals surface area contributed by atoms with Crippen molar-refractivity contribution in [2.75, 3.05) is 32.1 Å². The maximum absolute atomic E-state index is 13.6. The number of halogens is 2. The summed E-state index contributed by atoms with van der Waals surface area (Å²) >= 11 is 12.4. The maximum Gasteiger partial charge on any atom is 0.228 e. The third-order valence-electron chi connectivity index (χ3n) is 8.46. The summed E-state index contributed by atoms with van der Waals surface area (Å²) in [6.07, 6.45) is 2.03. The number of aryl methyl sites for hydroxylation is 1. The monoisotopic (exact) mass is 650 g/mol. The van der Waals surface area contributed by atoms with E-state index in [0.717, 1.165) is 22.0 Å². The summed E-state index contributed by atoms with van der Waals surface area (Å²) < 4.78 is 8.67. The first-order valence-corrected chi connectivity index (χ1v) is 15.9. The van der Waals surface area contributed by atoms with Crippen molar-refractivity contribution in [2.24, 2.45) is 13.0 Å². The van der Waals surface area contributed by atoms with Crippen LogP contribution >= 0.6 is 23.2 Å². The van der Waals surface area contributed by atoms with Crippen LogP contribution in [0.15, 0.2) is 66.9 Å². The highest BCUT2D eigenvalue weighted by Crippen LogP contribution is 2.30. The van der Waals surface area contributed by atoms with Crippen LogP contribution in [0.2, 0.25) is 10.0 Å². The maximum atomic E-state index is 13.6.